The second-order valence-corrected chi connectivity index (χ2v) is 26.4. The van der Waals surface area contributed by atoms with Crippen molar-refractivity contribution in [2.75, 3.05) is 0 Å². The molecule has 12 aromatic rings. The number of aryl methyl sites for hydroxylation is 8. The fourth-order valence-corrected chi connectivity index (χ4v) is 14.6. The van der Waals surface area contributed by atoms with Gasteiger partial charge >= 0.3 is 17.9 Å². The number of carbonyl (C=O) groups is 6. The minimum absolute atomic E-state index is 0.116. The van der Waals surface area contributed by atoms with Crippen molar-refractivity contribution in [2.45, 2.75) is 55.4 Å². The Hall–Kier alpha value is -11.7. The lowest BCUT2D eigenvalue weighted by molar-refractivity contribution is -0.132. The molecule has 0 atom stereocenters. The van der Waals surface area contributed by atoms with Crippen LogP contribution in [0.1, 0.15) is 107 Å². The van der Waals surface area contributed by atoms with E-state index in [9.17, 15) is 44.1 Å². The van der Waals surface area contributed by atoms with Gasteiger partial charge in [-0.05, 0) is 209 Å². The first kappa shape index (κ1) is 69.1. The van der Waals surface area contributed by atoms with Crippen molar-refractivity contribution in [3.63, 3.8) is 0 Å². The Morgan fingerprint density at radius 1 is 0.327 bits per heavy atom. The Bertz CT molecular complexity index is 4950. The molecule has 0 aliphatic carbocycles. The van der Waals surface area contributed by atoms with E-state index in [-0.39, 0.29) is 34.6 Å². The molecule has 12 rings (SSSR count). The summed E-state index contributed by atoms with van der Waals surface area (Å²) < 4.78 is 20.8. The lowest BCUT2D eigenvalue weighted by Gasteiger charge is -2.12. The lowest BCUT2D eigenvalue weighted by atomic mass is 9.95. The first-order valence-corrected chi connectivity index (χ1v) is 32.9. The molecule has 18 heteroatoms. The molecule has 0 radical (unpaired) electrons. The number of thiophene rings is 3. The average Bonchev–Trinajstić information content (AvgIpc) is 1.60. The van der Waals surface area contributed by atoms with E-state index in [0.29, 0.717) is 82.5 Å². The first-order valence-electron chi connectivity index (χ1n) is 30.5. The Morgan fingerprint density at radius 2 is 0.612 bits per heavy atom. The number of phenols is 3. The summed E-state index contributed by atoms with van der Waals surface area (Å²) >= 11 is 3.85. The largest absolute Gasteiger partial charge is 0.508 e. The summed E-state index contributed by atoms with van der Waals surface area (Å²) in [6.45, 7) is 15.6. The zero-order valence-electron chi connectivity index (χ0n) is 54.2. The maximum atomic E-state index is 13.7. The van der Waals surface area contributed by atoms with Gasteiger partial charge in [0, 0.05) is 65.2 Å². The Labute approximate surface area is 575 Å². The summed E-state index contributed by atoms with van der Waals surface area (Å²) in [4.78, 5) is 74.3. The van der Waals surface area contributed by atoms with E-state index >= 15 is 0 Å². The molecule has 6 N–H and O–H groups in total. The van der Waals surface area contributed by atoms with Crippen LogP contribution in [0.5, 0.6) is 51.7 Å². The van der Waals surface area contributed by atoms with Crippen LogP contribution in [0.15, 0.2) is 188 Å². The highest BCUT2D eigenvalue weighted by molar-refractivity contribution is 7.22. The van der Waals surface area contributed by atoms with Crippen LogP contribution in [-0.4, -0.2) is 65.9 Å². The fourth-order valence-electron chi connectivity index (χ4n) is 11.2. The number of hydrogen-bond acceptors (Lipinski definition) is 15. The molecule has 0 spiro atoms. The van der Waals surface area contributed by atoms with E-state index in [1.807, 2.05) is 97.9 Å². The van der Waals surface area contributed by atoms with Crippen molar-refractivity contribution in [1.29, 1.82) is 0 Å². The molecule has 3 heterocycles. The van der Waals surface area contributed by atoms with Gasteiger partial charge in [-0.1, -0.05) is 95.6 Å². The molecule has 0 unspecified atom stereocenters. The van der Waals surface area contributed by atoms with Gasteiger partial charge in [0.25, 0.3) is 0 Å². The number of benzene rings is 9. The van der Waals surface area contributed by atoms with Crippen molar-refractivity contribution in [2.24, 2.45) is 0 Å². The summed E-state index contributed by atoms with van der Waals surface area (Å²) in [5, 5.41) is 58.4. The number of aliphatic carboxylic acids is 3. The number of carboxylic acid groups (broad SMARTS) is 3. The van der Waals surface area contributed by atoms with Crippen LogP contribution in [0.3, 0.4) is 0 Å². The van der Waals surface area contributed by atoms with Crippen molar-refractivity contribution < 1.29 is 73.6 Å². The van der Waals surface area contributed by atoms with Crippen LogP contribution in [-0.2, 0) is 14.4 Å². The summed E-state index contributed by atoms with van der Waals surface area (Å²) in [6, 6.07) is 49.2. The number of carbonyl (C=O) groups excluding carboxylic acids is 3. The van der Waals surface area contributed by atoms with E-state index in [4.69, 9.17) is 29.5 Å². The van der Waals surface area contributed by atoms with Crippen molar-refractivity contribution in [3.8, 4) is 51.7 Å². The molecule has 98 heavy (non-hydrogen) atoms. The predicted octanol–water partition coefficient (Wildman–Crippen LogP) is 19.7. The zero-order valence-corrected chi connectivity index (χ0v) is 56.7. The summed E-state index contributed by atoms with van der Waals surface area (Å²) in [5.74, 6) is -0.242. The predicted molar refractivity (Wildman–Crippen MR) is 388 cm³/mol. The quantitative estimate of drug-likeness (QED) is 0.0345. The molecule has 0 aliphatic rings. The molecule has 0 saturated carbocycles. The van der Waals surface area contributed by atoms with Gasteiger partial charge in [0.05, 0.1) is 0 Å². The molecule has 0 amide bonds. The van der Waals surface area contributed by atoms with Crippen LogP contribution in [0.2, 0.25) is 0 Å². The van der Waals surface area contributed by atoms with Crippen LogP contribution in [0.25, 0.3) is 48.5 Å². The smallest absolute Gasteiger partial charge is 0.328 e. The molecular weight excluding hydrogens is 1300 g/mol. The number of carboxylic acids is 3. The third-order valence-electron chi connectivity index (χ3n) is 15.5. The number of aromatic hydroxyl groups is 3. The lowest BCUT2D eigenvalue weighted by Crippen LogP contribution is -2.06. The van der Waals surface area contributed by atoms with Gasteiger partial charge in [-0.15, -0.1) is 34.0 Å². The third-order valence-corrected chi connectivity index (χ3v) is 18.9. The average molecular weight is 1360 g/mol. The van der Waals surface area contributed by atoms with Crippen molar-refractivity contribution in [3.05, 3.63) is 281 Å². The summed E-state index contributed by atoms with van der Waals surface area (Å²) in [7, 11) is 0. The Morgan fingerprint density at radius 3 is 0.898 bits per heavy atom. The second-order valence-electron chi connectivity index (χ2n) is 23.2. The number of fused-ring (bicyclic) bond motifs is 3. The van der Waals surface area contributed by atoms with Crippen LogP contribution >= 0.6 is 34.0 Å². The van der Waals surface area contributed by atoms with E-state index in [2.05, 4.69) is 0 Å². The first-order chi connectivity index (χ1) is 46.8. The topological polar surface area (TPSA) is 251 Å². The van der Waals surface area contributed by atoms with Gasteiger partial charge in [-0.25, -0.2) is 14.4 Å². The number of rotatable bonds is 18. The maximum Gasteiger partial charge on any atom is 0.328 e. The van der Waals surface area contributed by atoms with Gasteiger partial charge in [-0.2, -0.15) is 0 Å². The van der Waals surface area contributed by atoms with E-state index in [0.717, 1.165) is 93.0 Å². The maximum absolute atomic E-state index is 13.7. The van der Waals surface area contributed by atoms with E-state index < -0.39 is 17.9 Å². The van der Waals surface area contributed by atoms with Gasteiger partial charge in [-0.3, -0.25) is 14.4 Å². The Kier molecular flexibility index (Phi) is 21.1. The highest BCUT2D eigenvalue weighted by Gasteiger charge is 2.28. The molecule has 0 fully saturated rings. The van der Waals surface area contributed by atoms with Gasteiger partial charge < -0.3 is 44.8 Å². The number of ketones is 3. The number of hydrogen-bond donors (Lipinski definition) is 6. The minimum Gasteiger partial charge on any atom is -0.508 e. The van der Waals surface area contributed by atoms with Gasteiger partial charge in [0.15, 0.2) is 17.2 Å². The molecular formula is C80H64O15S3. The van der Waals surface area contributed by atoms with Crippen molar-refractivity contribution in [1.82, 2.24) is 0 Å². The number of ether oxygens (including phenoxy) is 3. The van der Waals surface area contributed by atoms with Gasteiger partial charge in [0.1, 0.15) is 49.1 Å². The molecule has 0 saturated heterocycles. The SMILES string of the molecule is Cc1cc(C)c(C(=O)c2sc3cc(O)ccc3c2Oc2ccc(/C=C/C(=O)O)cc2)c(C)c1.Cc1cc(C)c(C(=O)c2sc3cc(O)ccc3c2Oc2ccc(/C=C/C(=O)O)cc2)c(C)c1.Cc1ccc(C(=O)c2sc3cc(O)ccc3c2Oc2ccc(/C=C/C(=O)O)cc2)c(C)c1. The van der Waals surface area contributed by atoms with Crippen LogP contribution in [0, 0.1) is 55.4 Å². The highest BCUT2D eigenvalue weighted by Crippen LogP contribution is 2.47. The monoisotopic (exact) mass is 1360 g/mol. The second kappa shape index (κ2) is 29.9. The highest BCUT2D eigenvalue weighted by atomic mass is 32.1. The summed E-state index contributed by atoms with van der Waals surface area (Å²) in [6.07, 6.45) is 7.68. The van der Waals surface area contributed by atoms with Crippen LogP contribution < -0.4 is 14.2 Å². The zero-order chi connectivity index (χ0) is 70.2. The van der Waals surface area contributed by atoms with Crippen molar-refractivity contribution >= 4 is 118 Å². The standard InChI is InChI=1S/2C27H22O5S.C26H20O5S/c2*1-15-12-16(2)24(17(3)13-15)25(31)27-26(21-10-7-19(28)14-22(21)33-27)32-20-8-4-18(5-9-20)6-11-23(29)30;1-15-3-10-20(16(2)13-15)24(30)26-25(21-11-7-18(27)14-22(21)32-26)31-19-8-4-17(5-9-19)6-12-23(28)29/h2*4-14,28H,1-3H3,(H,29,30);3-14,27H,1-2H3,(H,28,29)/b2*11-6+;12-6+. The molecule has 0 bridgehead atoms. The minimum atomic E-state index is -1.02. The normalized spacial score (nSPS) is 11.2. The molecule has 0 aliphatic heterocycles. The molecule has 9 aromatic carbocycles. The fraction of sp³-hybridized carbons (Fsp3) is 0.100. The molecule has 15 nitrogen and oxygen atoms in total. The molecule has 3 aromatic heterocycles. The van der Waals surface area contributed by atoms with Crippen LogP contribution in [0.4, 0.5) is 0 Å². The van der Waals surface area contributed by atoms with E-state index in [1.165, 1.54) is 52.2 Å². The number of phenolic OH excluding ortho intramolecular Hbond substituents is 3. The third kappa shape index (κ3) is 16.3. The summed E-state index contributed by atoms with van der Waals surface area (Å²) in [5.41, 5.74) is 11.8. The Balaban J connectivity index is 0.000000159. The molecule has 492 valence electrons. The van der Waals surface area contributed by atoms with E-state index in [1.54, 1.807) is 127 Å². The van der Waals surface area contributed by atoms with Gasteiger partial charge in [0.2, 0.25) is 17.3 Å².